The van der Waals surface area contributed by atoms with E-state index in [-0.39, 0.29) is 6.42 Å². The lowest BCUT2D eigenvalue weighted by atomic mass is 9.92. The third kappa shape index (κ3) is 10.4. The van der Waals surface area contributed by atoms with Crippen molar-refractivity contribution in [1.29, 1.82) is 0 Å². The SMILES string of the molecule is CCCCCCCCC=C[C@H]1CCC[C@@H]1CC=CCCC(=O)O. The molecule has 1 N–H and O–H groups in total. The molecule has 0 spiro atoms. The largest absolute Gasteiger partial charge is 0.481 e. The van der Waals surface area contributed by atoms with E-state index in [1.165, 1.54) is 64.2 Å². The first kappa shape index (κ1) is 20.0. The Kier molecular flexibility index (Phi) is 11.6. The van der Waals surface area contributed by atoms with Gasteiger partial charge in [-0.05, 0) is 50.4 Å². The second kappa shape index (κ2) is 13.4. The van der Waals surface area contributed by atoms with Crippen LogP contribution in [0.1, 0.15) is 90.4 Å². The second-order valence-electron chi connectivity index (χ2n) is 6.98. The van der Waals surface area contributed by atoms with Crippen molar-refractivity contribution < 1.29 is 9.90 Å². The van der Waals surface area contributed by atoms with Gasteiger partial charge in [0.25, 0.3) is 0 Å². The number of rotatable bonds is 13. The number of allylic oxidation sites excluding steroid dienone is 4. The molecule has 0 radical (unpaired) electrons. The van der Waals surface area contributed by atoms with Crippen LogP contribution in [0.5, 0.6) is 0 Å². The van der Waals surface area contributed by atoms with Crippen molar-refractivity contribution in [2.75, 3.05) is 0 Å². The van der Waals surface area contributed by atoms with Gasteiger partial charge < -0.3 is 5.11 Å². The summed E-state index contributed by atoms with van der Waals surface area (Å²) in [6.07, 6.45) is 24.6. The van der Waals surface area contributed by atoms with E-state index in [1.807, 2.05) is 6.08 Å². The zero-order valence-electron chi connectivity index (χ0n) is 15.0. The van der Waals surface area contributed by atoms with Gasteiger partial charge in [-0.2, -0.15) is 0 Å². The van der Waals surface area contributed by atoms with E-state index in [9.17, 15) is 4.79 Å². The average molecular weight is 321 g/mol. The van der Waals surface area contributed by atoms with E-state index in [1.54, 1.807) is 0 Å². The van der Waals surface area contributed by atoms with Crippen LogP contribution in [0.3, 0.4) is 0 Å². The topological polar surface area (TPSA) is 37.3 Å². The van der Waals surface area contributed by atoms with Crippen LogP contribution in [0.25, 0.3) is 0 Å². The van der Waals surface area contributed by atoms with Crippen LogP contribution in [0.15, 0.2) is 24.3 Å². The highest BCUT2D eigenvalue weighted by molar-refractivity contribution is 5.66. The van der Waals surface area contributed by atoms with Gasteiger partial charge in [0.05, 0.1) is 0 Å². The summed E-state index contributed by atoms with van der Waals surface area (Å²) in [5.74, 6) is 0.821. The summed E-state index contributed by atoms with van der Waals surface area (Å²) >= 11 is 0. The Balaban J connectivity index is 2.12. The molecule has 1 saturated carbocycles. The lowest BCUT2D eigenvalue weighted by molar-refractivity contribution is -0.136. The number of unbranched alkanes of at least 4 members (excludes halogenated alkanes) is 6. The van der Waals surface area contributed by atoms with Gasteiger partial charge in [0.1, 0.15) is 0 Å². The number of hydrogen-bond donors (Lipinski definition) is 1. The van der Waals surface area contributed by atoms with Crippen LogP contribution in [0, 0.1) is 11.8 Å². The number of carboxylic acids is 1. The maximum Gasteiger partial charge on any atom is 0.303 e. The average Bonchev–Trinajstić information content (AvgIpc) is 2.97. The van der Waals surface area contributed by atoms with Gasteiger partial charge in [0.2, 0.25) is 0 Å². The monoisotopic (exact) mass is 320 g/mol. The van der Waals surface area contributed by atoms with Crippen LogP contribution in [-0.4, -0.2) is 11.1 Å². The molecule has 0 bridgehead atoms. The summed E-state index contributed by atoms with van der Waals surface area (Å²) in [5, 5.41) is 8.62. The maximum absolute atomic E-state index is 10.5. The van der Waals surface area contributed by atoms with E-state index in [4.69, 9.17) is 5.11 Å². The molecule has 132 valence electrons. The molecule has 0 aromatic rings. The van der Waals surface area contributed by atoms with Crippen LogP contribution in [-0.2, 0) is 4.79 Å². The molecule has 1 rings (SSSR count). The van der Waals surface area contributed by atoms with E-state index in [0.29, 0.717) is 6.42 Å². The second-order valence-corrected chi connectivity index (χ2v) is 6.98. The first-order valence-corrected chi connectivity index (χ1v) is 9.77. The standard InChI is InChI=1S/C21H36O2/c1-2-3-4-5-6-7-8-10-14-19-16-13-17-20(19)15-11-9-12-18-21(22)23/h9-11,14,19-20H,2-8,12-13,15-18H2,1H3,(H,22,23)/t19-,20-/m0/s1. The van der Waals surface area contributed by atoms with Crippen LogP contribution in [0.4, 0.5) is 0 Å². The van der Waals surface area contributed by atoms with Gasteiger partial charge in [-0.15, -0.1) is 0 Å². The Hall–Kier alpha value is -1.05. The van der Waals surface area contributed by atoms with Gasteiger partial charge in [-0.1, -0.05) is 69.8 Å². The summed E-state index contributed by atoms with van der Waals surface area (Å²) in [5.41, 5.74) is 0. The molecule has 0 saturated heterocycles. The molecule has 1 fully saturated rings. The molecule has 1 aliphatic rings. The fourth-order valence-electron chi connectivity index (χ4n) is 3.52. The van der Waals surface area contributed by atoms with Gasteiger partial charge >= 0.3 is 5.97 Å². The molecular weight excluding hydrogens is 284 g/mol. The Morgan fingerprint density at radius 3 is 2.57 bits per heavy atom. The van der Waals surface area contributed by atoms with Crippen molar-refractivity contribution in [3.05, 3.63) is 24.3 Å². The molecule has 2 nitrogen and oxygen atoms in total. The van der Waals surface area contributed by atoms with E-state index in [2.05, 4.69) is 25.2 Å². The summed E-state index contributed by atoms with van der Waals surface area (Å²) in [7, 11) is 0. The maximum atomic E-state index is 10.5. The quantitative estimate of drug-likeness (QED) is 0.310. The molecular formula is C21H36O2. The van der Waals surface area contributed by atoms with Gasteiger partial charge in [-0.25, -0.2) is 0 Å². The predicted octanol–water partition coefficient (Wildman–Crippen LogP) is 6.52. The van der Waals surface area contributed by atoms with E-state index >= 15 is 0 Å². The molecule has 1 aliphatic carbocycles. The van der Waals surface area contributed by atoms with Crippen molar-refractivity contribution in [2.45, 2.75) is 90.4 Å². The zero-order valence-corrected chi connectivity index (χ0v) is 15.0. The molecule has 23 heavy (non-hydrogen) atoms. The third-order valence-corrected chi connectivity index (χ3v) is 4.96. The molecule has 2 heteroatoms. The molecule has 0 amide bonds. The first-order valence-electron chi connectivity index (χ1n) is 9.77. The van der Waals surface area contributed by atoms with Crippen molar-refractivity contribution >= 4 is 5.97 Å². The van der Waals surface area contributed by atoms with E-state index < -0.39 is 5.97 Å². The zero-order chi connectivity index (χ0) is 16.8. The number of hydrogen-bond acceptors (Lipinski definition) is 1. The highest BCUT2D eigenvalue weighted by atomic mass is 16.4. The normalized spacial score (nSPS) is 21.6. The fourth-order valence-corrected chi connectivity index (χ4v) is 3.52. The molecule has 0 aromatic carbocycles. The minimum atomic E-state index is -0.703. The Bertz CT molecular complexity index is 357. The van der Waals surface area contributed by atoms with E-state index in [0.717, 1.165) is 18.3 Å². The van der Waals surface area contributed by atoms with Crippen LogP contribution >= 0.6 is 0 Å². The molecule has 0 aliphatic heterocycles. The van der Waals surface area contributed by atoms with Crippen molar-refractivity contribution in [3.63, 3.8) is 0 Å². The molecule has 0 unspecified atom stereocenters. The summed E-state index contributed by atoms with van der Waals surface area (Å²) in [6, 6.07) is 0. The lowest BCUT2D eigenvalue weighted by Gasteiger charge is -2.14. The van der Waals surface area contributed by atoms with Crippen LogP contribution in [0.2, 0.25) is 0 Å². The Morgan fingerprint density at radius 2 is 1.78 bits per heavy atom. The first-order chi connectivity index (χ1) is 11.2. The van der Waals surface area contributed by atoms with Gasteiger partial charge in [0, 0.05) is 6.42 Å². The fraction of sp³-hybridized carbons (Fsp3) is 0.762. The number of aliphatic carboxylic acids is 1. The highest BCUT2D eigenvalue weighted by Crippen LogP contribution is 2.35. The number of carboxylic acid groups (broad SMARTS) is 1. The third-order valence-electron chi connectivity index (χ3n) is 4.96. The Labute approximate surface area is 143 Å². The van der Waals surface area contributed by atoms with Gasteiger partial charge in [-0.3, -0.25) is 4.79 Å². The molecule has 2 atom stereocenters. The smallest absolute Gasteiger partial charge is 0.303 e. The highest BCUT2D eigenvalue weighted by Gasteiger charge is 2.23. The summed E-state index contributed by atoms with van der Waals surface area (Å²) < 4.78 is 0. The molecule has 0 aromatic heterocycles. The number of carbonyl (C=O) groups is 1. The van der Waals surface area contributed by atoms with Gasteiger partial charge in [0.15, 0.2) is 0 Å². The summed E-state index contributed by atoms with van der Waals surface area (Å²) in [6.45, 7) is 2.27. The summed E-state index contributed by atoms with van der Waals surface area (Å²) in [4.78, 5) is 10.5. The minimum absolute atomic E-state index is 0.253. The minimum Gasteiger partial charge on any atom is -0.481 e. The molecule has 0 heterocycles. The Morgan fingerprint density at radius 1 is 1.00 bits per heavy atom. The predicted molar refractivity (Wildman–Crippen MR) is 98.6 cm³/mol. The van der Waals surface area contributed by atoms with Crippen molar-refractivity contribution in [3.8, 4) is 0 Å². The van der Waals surface area contributed by atoms with Crippen LogP contribution < -0.4 is 0 Å². The van der Waals surface area contributed by atoms with Crippen molar-refractivity contribution in [1.82, 2.24) is 0 Å². The van der Waals surface area contributed by atoms with Crippen molar-refractivity contribution in [2.24, 2.45) is 11.8 Å². The lowest BCUT2D eigenvalue weighted by Crippen LogP contribution is -2.03.